The van der Waals surface area contributed by atoms with Crippen LogP contribution >= 0.6 is 0 Å². The molecule has 8 heteroatoms. The zero-order valence-electron chi connectivity index (χ0n) is 15.0. The first-order valence-electron chi connectivity index (χ1n) is 8.66. The van der Waals surface area contributed by atoms with Crippen LogP contribution in [0.3, 0.4) is 0 Å². The number of Topliss-reactive ketones (excluding diaryl/α,β-unsaturated/α-hetero) is 1. The first kappa shape index (κ1) is 19.9. The van der Waals surface area contributed by atoms with Crippen LogP contribution in [0, 0.1) is 0 Å². The van der Waals surface area contributed by atoms with Crippen molar-refractivity contribution in [2.45, 2.75) is 25.9 Å². The molecule has 0 unspecified atom stereocenters. The van der Waals surface area contributed by atoms with Crippen molar-refractivity contribution < 1.29 is 19.5 Å². The van der Waals surface area contributed by atoms with Gasteiger partial charge in [0.2, 0.25) is 0 Å². The van der Waals surface area contributed by atoms with E-state index in [1.807, 2.05) is 29.2 Å². The highest BCUT2D eigenvalue weighted by atomic mass is 16.4. The number of urea groups is 1. The lowest BCUT2D eigenvalue weighted by molar-refractivity contribution is -0.138. The zero-order chi connectivity index (χ0) is 19.1. The molecule has 0 aliphatic carbocycles. The Hall–Kier alpha value is -2.45. The third-order valence-corrected chi connectivity index (χ3v) is 4.35. The highest BCUT2D eigenvalue weighted by molar-refractivity contribution is 5.77. The van der Waals surface area contributed by atoms with Gasteiger partial charge in [-0.25, -0.2) is 4.79 Å². The third-order valence-electron chi connectivity index (χ3n) is 4.35. The summed E-state index contributed by atoms with van der Waals surface area (Å²) < 4.78 is 0. The SMILES string of the molecule is CC(=O)CN1CCN(C(=O)NCc2ccc(C[C@@H](N)C(=O)O)cc2)CC1. The first-order chi connectivity index (χ1) is 12.3. The molecule has 1 atom stereocenters. The summed E-state index contributed by atoms with van der Waals surface area (Å²) in [7, 11) is 0. The molecule has 0 aromatic heterocycles. The van der Waals surface area contributed by atoms with Gasteiger partial charge in [0.25, 0.3) is 0 Å². The Bertz CT molecular complexity index is 639. The molecule has 1 fully saturated rings. The number of benzene rings is 1. The van der Waals surface area contributed by atoms with E-state index >= 15 is 0 Å². The summed E-state index contributed by atoms with van der Waals surface area (Å²) in [6.07, 6.45) is 0.270. The number of nitrogens with two attached hydrogens (primary N) is 1. The second kappa shape index (κ2) is 9.30. The van der Waals surface area contributed by atoms with Gasteiger partial charge in [-0.05, 0) is 24.5 Å². The molecule has 1 aliphatic heterocycles. The fourth-order valence-corrected chi connectivity index (χ4v) is 2.85. The fraction of sp³-hybridized carbons (Fsp3) is 0.500. The Labute approximate surface area is 152 Å². The third kappa shape index (κ3) is 6.12. The highest BCUT2D eigenvalue weighted by Crippen LogP contribution is 2.08. The van der Waals surface area contributed by atoms with Gasteiger partial charge < -0.3 is 21.1 Å². The maximum Gasteiger partial charge on any atom is 0.320 e. The first-order valence-corrected chi connectivity index (χ1v) is 8.66. The van der Waals surface area contributed by atoms with Crippen LogP contribution in [0.5, 0.6) is 0 Å². The molecule has 1 heterocycles. The van der Waals surface area contributed by atoms with E-state index in [1.54, 1.807) is 11.8 Å². The molecule has 0 bridgehead atoms. The number of carbonyl (C=O) groups excluding carboxylic acids is 2. The van der Waals surface area contributed by atoms with Crippen molar-refractivity contribution >= 4 is 17.8 Å². The molecule has 0 radical (unpaired) electrons. The molecule has 8 nitrogen and oxygen atoms in total. The average Bonchev–Trinajstić information content (AvgIpc) is 2.61. The van der Waals surface area contributed by atoms with Crippen molar-refractivity contribution in [2.75, 3.05) is 32.7 Å². The summed E-state index contributed by atoms with van der Waals surface area (Å²) in [6, 6.07) is 6.33. The normalized spacial score (nSPS) is 16.2. The summed E-state index contributed by atoms with van der Waals surface area (Å²) in [6.45, 7) is 5.01. The maximum atomic E-state index is 12.2. The summed E-state index contributed by atoms with van der Waals surface area (Å²) in [4.78, 5) is 37.9. The molecule has 2 rings (SSSR count). The van der Waals surface area contributed by atoms with E-state index in [0.717, 1.165) is 11.1 Å². The monoisotopic (exact) mass is 362 g/mol. The summed E-state index contributed by atoms with van der Waals surface area (Å²) in [5, 5.41) is 11.7. The van der Waals surface area contributed by atoms with Crippen molar-refractivity contribution in [1.82, 2.24) is 15.1 Å². The summed E-state index contributed by atoms with van der Waals surface area (Å²) in [5.74, 6) is -0.889. The van der Waals surface area contributed by atoms with E-state index in [0.29, 0.717) is 39.3 Å². The van der Waals surface area contributed by atoms with Crippen molar-refractivity contribution in [3.05, 3.63) is 35.4 Å². The van der Waals surface area contributed by atoms with Crippen molar-refractivity contribution in [2.24, 2.45) is 5.73 Å². The van der Waals surface area contributed by atoms with Crippen molar-refractivity contribution in [1.29, 1.82) is 0 Å². The molecule has 142 valence electrons. The second-order valence-electron chi connectivity index (χ2n) is 6.59. The van der Waals surface area contributed by atoms with E-state index in [9.17, 15) is 14.4 Å². The Morgan fingerprint density at radius 3 is 2.23 bits per heavy atom. The van der Waals surface area contributed by atoms with Gasteiger partial charge in [0.1, 0.15) is 11.8 Å². The summed E-state index contributed by atoms with van der Waals surface area (Å²) >= 11 is 0. The van der Waals surface area contributed by atoms with E-state index in [4.69, 9.17) is 10.8 Å². The minimum Gasteiger partial charge on any atom is -0.480 e. The average molecular weight is 362 g/mol. The summed E-state index contributed by atoms with van der Waals surface area (Å²) in [5.41, 5.74) is 7.30. The smallest absolute Gasteiger partial charge is 0.320 e. The van der Waals surface area contributed by atoms with Gasteiger partial charge in [-0.15, -0.1) is 0 Å². The number of aliphatic carboxylic acids is 1. The number of carboxylic acid groups (broad SMARTS) is 1. The number of nitrogens with zero attached hydrogens (tertiary/aromatic N) is 2. The number of nitrogens with one attached hydrogen (secondary N) is 1. The number of carboxylic acids is 1. The van der Waals surface area contributed by atoms with Crippen LogP contribution in [0.2, 0.25) is 0 Å². The zero-order valence-corrected chi connectivity index (χ0v) is 15.0. The van der Waals surface area contributed by atoms with Crippen LogP contribution in [-0.2, 0) is 22.6 Å². The van der Waals surface area contributed by atoms with Crippen LogP contribution in [0.4, 0.5) is 4.79 Å². The van der Waals surface area contributed by atoms with Crippen molar-refractivity contribution in [3.8, 4) is 0 Å². The molecule has 4 N–H and O–H groups in total. The quantitative estimate of drug-likeness (QED) is 0.631. The molecule has 1 aromatic rings. The number of hydrogen-bond donors (Lipinski definition) is 3. The van der Waals surface area contributed by atoms with Gasteiger partial charge >= 0.3 is 12.0 Å². The molecule has 1 aliphatic rings. The molecule has 1 saturated heterocycles. The number of amides is 2. The maximum absolute atomic E-state index is 12.2. The Kier molecular flexibility index (Phi) is 7.11. The van der Waals surface area contributed by atoms with Gasteiger partial charge in [-0.1, -0.05) is 24.3 Å². The number of ketones is 1. The van der Waals surface area contributed by atoms with E-state index in [2.05, 4.69) is 5.32 Å². The fourth-order valence-electron chi connectivity index (χ4n) is 2.85. The molecule has 2 amide bonds. The van der Waals surface area contributed by atoms with Gasteiger partial charge in [-0.3, -0.25) is 14.5 Å². The van der Waals surface area contributed by atoms with Crippen molar-refractivity contribution in [3.63, 3.8) is 0 Å². The Morgan fingerprint density at radius 1 is 1.12 bits per heavy atom. The lowest BCUT2D eigenvalue weighted by atomic mass is 10.0. The van der Waals surface area contributed by atoms with E-state index in [1.165, 1.54) is 0 Å². The van der Waals surface area contributed by atoms with Gasteiger partial charge in [-0.2, -0.15) is 0 Å². The lowest BCUT2D eigenvalue weighted by Crippen LogP contribution is -2.52. The molecule has 0 saturated carbocycles. The van der Waals surface area contributed by atoms with Crippen LogP contribution in [0.25, 0.3) is 0 Å². The van der Waals surface area contributed by atoms with Crippen LogP contribution in [0.15, 0.2) is 24.3 Å². The number of piperazine rings is 1. The molecular weight excluding hydrogens is 336 g/mol. The standard InChI is InChI=1S/C18H26N4O4/c1-13(23)12-21-6-8-22(9-7-21)18(26)20-11-15-4-2-14(3-5-15)10-16(19)17(24)25/h2-5,16H,6-12,19H2,1H3,(H,20,26)(H,24,25)/t16-/m1/s1. The molecule has 26 heavy (non-hydrogen) atoms. The topological polar surface area (TPSA) is 116 Å². The highest BCUT2D eigenvalue weighted by Gasteiger charge is 2.21. The van der Waals surface area contributed by atoms with Gasteiger partial charge in [0.05, 0.1) is 6.54 Å². The molecule has 1 aromatic carbocycles. The number of hydrogen-bond acceptors (Lipinski definition) is 5. The predicted molar refractivity (Wildman–Crippen MR) is 96.7 cm³/mol. The predicted octanol–water partition coefficient (Wildman–Crippen LogP) is 0.0572. The second-order valence-corrected chi connectivity index (χ2v) is 6.59. The van der Waals surface area contributed by atoms with Crippen LogP contribution in [-0.4, -0.2) is 71.5 Å². The number of carbonyl (C=O) groups is 3. The molecular formula is C18H26N4O4. The lowest BCUT2D eigenvalue weighted by Gasteiger charge is -2.34. The van der Waals surface area contributed by atoms with Gasteiger partial charge in [0.15, 0.2) is 0 Å². The Morgan fingerprint density at radius 2 is 1.69 bits per heavy atom. The van der Waals surface area contributed by atoms with Gasteiger partial charge in [0, 0.05) is 32.7 Å². The largest absolute Gasteiger partial charge is 0.480 e. The molecule has 0 spiro atoms. The van der Waals surface area contributed by atoms with E-state index < -0.39 is 12.0 Å². The Balaban J connectivity index is 1.75. The minimum absolute atomic E-state index is 0.121. The number of rotatable bonds is 7. The van der Waals surface area contributed by atoms with Crippen LogP contribution in [0.1, 0.15) is 18.1 Å². The minimum atomic E-state index is -1.02. The van der Waals surface area contributed by atoms with Crippen LogP contribution < -0.4 is 11.1 Å². The van der Waals surface area contributed by atoms with E-state index in [-0.39, 0.29) is 18.2 Å².